The summed E-state index contributed by atoms with van der Waals surface area (Å²) in [5.74, 6) is -0.249. The van der Waals surface area contributed by atoms with E-state index in [1.165, 1.54) is 23.6 Å². The van der Waals surface area contributed by atoms with Gasteiger partial charge in [-0.15, -0.1) is 0 Å². The molecule has 3 heterocycles. The van der Waals surface area contributed by atoms with Crippen LogP contribution in [0.3, 0.4) is 0 Å². The molecule has 0 saturated carbocycles. The summed E-state index contributed by atoms with van der Waals surface area (Å²) in [5, 5.41) is 4.10. The van der Waals surface area contributed by atoms with Gasteiger partial charge in [0, 0.05) is 49.1 Å². The molecule has 144 valence electrons. The molecule has 28 heavy (non-hydrogen) atoms. The zero-order valence-electron chi connectivity index (χ0n) is 15.8. The highest BCUT2D eigenvalue weighted by atomic mass is 16.2. The number of hydrogen-bond acceptors (Lipinski definition) is 3. The first kappa shape index (κ1) is 18.2. The lowest BCUT2D eigenvalue weighted by Gasteiger charge is -2.26. The van der Waals surface area contributed by atoms with Gasteiger partial charge in [0.15, 0.2) is 0 Å². The van der Waals surface area contributed by atoms with Crippen LogP contribution in [0.1, 0.15) is 45.5 Å². The summed E-state index contributed by atoms with van der Waals surface area (Å²) in [6, 6.07) is 9.76. The molecule has 3 aromatic rings. The number of aromatic nitrogens is 2. The van der Waals surface area contributed by atoms with E-state index in [-0.39, 0.29) is 11.8 Å². The van der Waals surface area contributed by atoms with Crippen molar-refractivity contribution in [3.63, 3.8) is 0 Å². The third kappa shape index (κ3) is 3.91. The van der Waals surface area contributed by atoms with Crippen molar-refractivity contribution in [2.24, 2.45) is 0 Å². The molecule has 6 nitrogen and oxygen atoms in total. The molecule has 0 aliphatic carbocycles. The standard InChI is InChI=1S/C22H24N4O2/c27-21(24-9-8-16-15-25-20-7-3-2-6-19(16)20)17-12-18(14-23-13-17)22(28)26-10-4-1-5-11-26/h2-3,6-7,12-15,25H,1,4-5,8-11H2,(H,24,27). The molecular weight excluding hydrogens is 352 g/mol. The number of fused-ring (bicyclic) bond motifs is 1. The van der Waals surface area contributed by atoms with Crippen LogP contribution in [-0.4, -0.2) is 46.3 Å². The van der Waals surface area contributed by atoms with E-state index in [9.17, 15) is 9.59 Å². The Balaban J connectivity index is 1.37. The lowest BCUT2D eigenvalue weighted by molar-refractivity contribution is 0.0724. The smallest absolute Gasteiger partial charge is 0.255 e. The minimum atomic E-state index is -0.208. The van der Waals surface area contributed by atoms with E-state index in [1.54, 1.807) is 12.3 Å². The van der Waals surface area contributed by atoms with Gasteiger partial charge >= 0.3 is 0 Å². The summed E-state index contributed by atoms with van der Waals surface area (Å²) in [4.78, 5) is 34.3. The zero-order chi connectivity index (χ0) is 19.3. The minimum Gasteiger partial charge on any atom is -0.361 e. The number of nitrogens with one attached hydrogen (secondary N) is 2. The van der Waals surface area contributed by atoms with Crippen LogP contribution in [0.5, 0.6) is 0 Å². The van der Waals surface area contributed by atoms with Crippen LogP contribution in [0.25, 0.3) is 10.9 Å². The van der Waals surface area contributed by atoms with Crippen LogP contribution in [0.2, 0.25) is 0 Å². The van der Waals surface area contributed by atoms with Crippen molar-refractivity contribution in [3.8, 4) is 0 Å². The second-order valence-electron chi connectivity index (χ2n) is 7.18. The molecule has 0 spiro atoms. The molecule has 0 radical (unpaired) electrons. The predicted octanol–water partition coefficient (Wildman–Crippen LogP) is 3.16. The van der Waals surface area contributed by atoms with Gasteiger partial charge in [0.05, 0.1) is 11.1 Å². The minimum absolute atomic E-state index is 0.0411. The summed E-state index contributed by atoms with van der Waals surface area (Å²) in [6.45, 7) is 2.07. The van der Waals surface area contributed by atoms with Gasteiger partial charge in [-0.05, 0) is 43.4 Å². The molecule has 1 fully saturated rings. The first-order valence-corrected chi connectivity index (χ1v) is 9.80. The maximum atomic E-state index is 12.6. The highest BCUT2D eigenvalue weighted by Gasteiger charge is 2.19. The van der Waals surface area contributed by atoms with Crippen LogP contribution >= 0.6 is 0 Å². The van der Waals surface area contributed by atoms with Gasteiger partial charge in [-0.2, -0.15) is 0 Å². The summed E-state index contributed by atoms with van der Waals surface area (Å²) < 4.78 is 0. The summed E-state index contributed by atoms with van der Waals surface area (Å²) >= 11 is 0. The largest absolute Gasteiger partial charge is 0.361 e. The van der Waals surface area contributed by atoms with Crippen LogP contribution in [0, 0.1) is 0 Å². The van der Waals surface area contributed by atoms with Crippen molar-refractivity contribution in [2.45, 2.75) is 25.7 Å². The molecule has 4 rings (SSSR count). The lowest BCUT2D eigenvalue weighted by atomic mass is 10.1. The van der Waals surface area contributed by atoms with E-state index in [0.717, 1.165) is 37.9 Å². The fourth-order valence-electron chi connectivity index (χ4n) is 3.71. The molecule has 1 aliphatic rings. The van der Waals surface area contributed by atoms with E-state index in [0.29, 0.717) is 17.7 Å². The van der Waals surface area contributed by atoms with Crippen LogP contribution < -0.4 is 5.32 Å². The number of likely N-dealkylation sites (tertiary alicyclic amines) is 1. The number of amides is 2. The van der Waals surface area contributed by atoms with E-state index in [4.69, 9.17) is 0 Å². The Morgan fingerprint density at radius 2 is 1.86 bits per heavy atom. The SMILES string of the molecule is O=C(NCCc1c[nH]c2ccccc12)c1cncc(C(=O)N2CCCCC2)c1. The van der Waals surface area contributed by atoms with Gasteiger partial charge in [-0.3, -0.25) is 14.6 Å². The Labute approximate surface area is 164 Å². The van der Waals surface area contributed by atoms with Gasteiger partial charge in [0.1, 0.15) is 0 Å². The number of carbonyl (C=O) groups excluding carboxylic acids is 2. The van der Waals surface area contributed by atoms with Crippen molar-refractivity contribution in [1.82, 2.24) is 20.2 Å². The van der Waals surface area contributed by atoms with E-state index < -0.39 is 0 Å². The highest BCUT2D eigenvalue weighted by Crippen LogP contribution is 2.18. The zero-order valence-corrected chi connectivity index (χ0v) is 15.8. The first-order valence-electron chi connectivity index (χ1n) is 9.80. The molecule has 1 saturated heterocycles. The van der Waals surface area contributed by atoms with Crippen molar-refractivity contribution in [2.75, 3.05) is 19.6 Å². The van der Waals surface area contributed by atoms with E-state index >= 15 is 0 Å². The van der Waals surface area contributed by atoms with Crippen molar-refractivity contribution < 1.29 is 9.59 Å². The van der Waals surface area contributed by atoms with Gasteiger partial charge in [0.2, 0.25) is 0 Å². The number of carbonyl (C=O) groups is 2. The van der Waals surface area contributed by atoms with Gasteiger partial charge in [-0.25, -0.2) is 0 Å². The molecule has 0 bridgehead atoms. The topological polar surface area (TPSA) is 78.1 Å². The highest BCUT2D eigenvalue weighted by molar-refractivity contribution is 5.99. The predicted molar refractivity (Wildman–Crippen MR) is 108 cm³/mol. The Morgan fingerprint density at radius 1 is 1.07 bits per heavy atom. The number of H-pyrrole nitrogens is 1. The summed E-state index contributed by atoms with van der Waals surface area (Å²) in [5.41, 5.74) is 3.16. The quantitative estimate of drug-likeness (QED) is 0.718. The maximum Gasteiger partial charge on any atom is 0.255 e. The van der Waals surface area contributed by atoms with E-state index in [2.05, 4.69) is 21.4 Å². The Kier molecular flexibility index (Phi) is 5.37. The number of aromatic amines is 1. The summed E-state index contributed by atoms with van der Waals surface area (Å²) in [6.07, 6.45) is 9.00. The molecule has 2 aromatic heterocycles. The number of benzene rings is 1. The van der Waals surface area contributed by atoms with Crippen molar-refractivity contribution >= 4 is 22.7 Å². The second-order valence-corrected chi connectivity index (χ2v) is 7.18. The molecule has 1 aliphatic heterocycles. The molecule has 1 aromatic carbocycles. The monoisotopic (exact) mass is 376 g/mol. The van der Waals surface area contributed by atoms with Crippen LogP contribution in [0.4, 0.5) is 0 Å². The van der Waals surface area contributed by atoms with Crippen molar-refractivity contribution in [3.05, 3.63) is 65.6 Å². The van der Waals surface area contributed by atoms with E-state index in [1.807, 2.05) is 29.3 Å². The molecule has 2 N–H and O–H groups in total. The fourth-order valence-corrected chi connectivity index (χ4v) is 3.71. The maximum absolute atomic E-state index is 12.6. The molecule has 2 amide bonds. The number of piperidine rings is 1. The Bertz CT molecular complexity index is 989. The number of rotatable bonds is 5. The van der Waals surface area contributed by atoms with Gasteiger partial charge < -0.3 is 15.2 Å². The van der Waals surface area contributed by atoms with Gasteiger partial charge in [0.25, 0.3) is 11.8 Å². The lowest BCUT2D eigenvalue weighted by Crippen LogP contribution is -2.35. The Hall–Kier alpha value is -3.15. The Morgan fingerprint density at radius 3 is 2.71 bits per heavy atom. The van der Waals surface area contributed by atoms with Gasteiger partial charge in [-0.1, -0.05) is 18.2 Å². The van der Waals surface area contributed by atoms with Crippen molar-refractivity contribution in [1.29, 1.82) is 0 Å². The third-order valence-corrected chi connectivity index (χ3v) is 5.25. The molecule has 6 heteroatoms. The summed E-state index contributed by atoms with van der Waals surface area (Å²) in [7, 11) is 0. The first-order chi connectivity index (χ1) is 13.7. The number of para-hydroxylation sites is 1. The normalized spacial score (nSPS) is 14.2. The molecular formula is C22H24N4O2. The average molecular weight is 376 g/mol. The number of hydrogen-bond donors (Lipinski definition) is 2. The number of nitrogens with zero attached hydrogens (tertiary/aromatic N) is 2. The third-order valence-electron chi connectivity index (χ3n) is 5.25. The fraction of sp³-hybridized carbons (Fsp3) is 0.318. The average Bonchev–Trinajstić information content (AvgIpc) is 3.17. The molecule has 0 atom stereocenters. The number of pyridine rings is 1. The second kappa shape index (κ2) is 8.25. The molecule has 0 unspecified atom stereocenters. The van der Waals surface area contributed by atoms with Crippen LogP contribution in [0.15, 0.2) is 48.9 Å². The van der Waals surface area contributed by atoms with Crippen LogP contribution in [-0.2, 0) is 6.42 Å².